The summed E-state index contributed by atoms with van der Waals surface area (Å²) in [4.78, 5) is 31.7. The van der Waals surface area contributed by atoms with E-state index in [0.717, 1.165) is 0 Å². The fraction of sp³-hybridized carbons (Fsp3) is 0.0556. The van der Waals surface area contributed by atoms with Crippen LogP contribution < -0.4 is 0 Å². The molecule has 9 heteroatoms. The Morgan fingerprint density at radius 3 is 2.67 bits per heavy atom. The minimum absolute atomic E-state index is 0.0166. The number of hydrogen-bond donors (Lipinski definition) is 1. The van der Waals surface area contributed by atoms with Crippen LogP contribution in [0.1, 0.15) is 12.7 Å². The van der Waals surface area contributed by atoms with Crippen molar-refractivity contribution in [2.75, 3.05) is 0 Å². The number of nitro benzene ring substituents is 1. The Morgan fingerprint density at radius 2 is 1.96 bits per heavy atom. The minimum Gasteiger partial charge on any atom is -0.457 e. The molecule has 0 spiro atoms. The first-order valence-electron chi connectivity index (χ1n) is 7.87. The van der Waals surface area contributed by atoms with E-state index in [1.807, 2.05) is 0 Å². The fourth-order valence-electron chi connectivity index (χ4n) is 2.68. The van der Waals surface area contributed by atoms with Gasteiger partial charge in [-0.05, 0) is 37.3 Å². The molecule has 0 saturated carbocycles. The summed E-state index contributed by atoms with van der Waals surface area (Å²) in [5.74, 6) is 0.932. The van der Waals surface area contributed by atoms with Gasteiger partial charge in [0.1, 0.15) is 17.3 Å². The highest BCUT2D eigenvalue weighted by atomic mass is 16.7. The topological polar surface area (TPSA) is 122 Å². The summed E-state index contributed by atoms with van der Waals surface area (Å²) in [5, 5.41) is 20.1. The van der Waals surface area contributed by atoms with Gasteiger partial charge in [0.25, 0.3) is 11.6 Å². The van der Waals surface area contributed by atoms with Crippen LogP contribution in [0.3, 0.4) is 0 Å². The van der Waals surface area contributed by atoms with E-state index < -0.39 is 10.8 Å². The zero-order chi connectivity index (χ0) is 19.1. The third-order valence-corrected chi connectivity index (χ3v) is 3.96. The second-order valence-corrected chi connectivity index (χ2v) is 5.83. The lowest BCUT2D eigenvalue weighted by Gasteiger charge is -2.22. The molecule has 2 aliphatic heterocycles. The summed E-state index contributed by atoms with van der Waals surface area (Å²) in [6, 6.07) is 9.23. The van der Waals surface area contributed by atoms with E-state index in [0.29, 0.717) is 22.8 Å². The fourth-order valence-corrected chi connectivity index (χ4v) is 2.68. The predicted molar refractivity (Wildman–Crippen MR) is 95.6 cm³/mol. The van der Waals surface area contributed by atoms with E-state index in [1.165, 1.54) is 23.3 Å². The zero-order valence-electron chi connectivity index (χ0n) is 14.0. The molecule has 4 rings (SSSR count). The van der Waals surface area contributed by atoms with Gasteiger partial charge in [0, 0.05) is 23.8 Å². The van der Waals surface area contributed by atoms with E-state index in [1.54, 1.807) is 37.3 Å². The van der Waals surface area contributed by atoms with Crippen LogP contribution in [0.4, 0.5) is 5.69 Å². The smallest absolute Gasteiger partial charge is 0.283 e. The SMILES string of the molecule is CC1=CC2=NC(=O)/C(=C/c3ccc(-c4ccc([N+](=O)[O-])cc4)o3)C(=N)N2O1. The summed E-state index contributed by atoms with van der Waals surface area (Å²) in [7, 11) is 0. The number of amides is 1. The summed E-state index contributed by atoms with van der Waals surface area (Å²) >= 11 is 0. The molecule has 0 fully saturated rings. The van der Waals surface area contributed by atoms with Gasteiger partial charge in [-0.2, -0.15) is 4.99 Å². The van der Waals surface area contributed by atoms with Gasteiger partial charge in [0.05, 0.1) is 10.5 Å². The Morgan fingerprint density at radius 1 is 1.22 bits per heavy atom. The molecule has 0 atom stereocenters. The van der Waals surface area contributed by atoms with Crippen LogP contribution in [-0.2, 0) is 9.63 Å². The van der Waals surface area contributed by atoms with Gasteiger partial charge in [0.15, 0.2) is 11.7 Å². The summed E-state index contributed by atoms with van der Waals surface area (Å²) in [6.45, 7) is 1.70. The highest BCUT2D eigenvalue weighted by molar-refractivity contribution is 6.32. The van der Waals surface area contributed by atoms with Crippen molar-refractivity contribution in [2.45, 2.75) is 6.92 Å². The van der Waals surface area contributed by atoms with Crippen molar-refractivity contribution < 1.29 is 19.0 Å². The maximum Gasteiger partial charge on any atom is 0.283 e. The number of nitro groups is 1. The Labute approximate surface area is 152 Å². The molecule has 1 aromatic carbocycles. The van der Waals surface area contributed by atoms with E-state index in [4.69, 9.17) is 14.7 Å². The van der Waals surface area contributed by atoms with Crippen molar-refractivity contribution >= 4 is 29.3 Å². The molecule has 134 valence electrons. The maximum atomic E-state index is 12.2. The number of hydrogen-bond acceptors (Lipinski definition) is 6. The van der Waals surface area contributed by atoms with Crippen LogP contribution in [0.5, 0.6) is 0 Å². The number of benzene rings is 1. The Balaban J connectivity index is 1.61. The van der Waals surface area contributed by atoms with Crippen LogP contribution in [0, 0.1) is 15.5 Å². The summed E-state index contributed by atoms with van der Waals surface area (Å²) < 4.78 is 5.69. The first-order valence-corrected chi connectivity index (χ1v) is 7.87. The number of carbonyl (C=O) groups excluding carboxylic acids is 1. The maximum absolute atomic E-state index is 12.2. The molecular weight excluding hydrogens is 352 g/mol. The molecule has 1 aromatic heterocycles. The molecule has 0 saturated heterocycles. The van der Waals surface area contributed by atoms with Crippen molar-refractivity contribution in [3.05, 3.63) is 69.7 Å². The molecule has 1 N–H and O–H groups in total. The number of hydroxylamine groups is 2. The molecule has 3 heterocycles. The highest BCUT2D eigenvalue weighted by Crippen LogP contribution is 2.27. The van der Waals surface area contributed by atoms with E-state index in [2.05, 4.69) is 4.99 Å². The van der Waals surface area contributed by atoms with Gasteiger partial charge >= 0.3 is 0 Å². The van der Waals surface area contributed by atoms with Crippen LogP contribution in [0.2, 0.25) is 0 Å². The highest BCUT2D eigenvalue weighted by Gasteiger charge is 2.34. The quantitative estimate of drug-likeness (QED) is 0.506. The van der Waals surface area contributed by atoms with Crippen molar-refractivity contribution in [3.8, 4) is 11.3 Å². The van der Waals surface area contributed by atoms with Gasteiger partial charge in [-0.3, -0.25) is 20.3 Å². The Kier molecular flexibility index (Phi) is 3.69. The Hall–Kier alpha value is -4.01. The monoisotopic (exact) mass is 364 g/mol. The van der Waals surface area contributed by atoms with Crippen molar-refractivity contribution in [1.29, 1.82) is 5.41 Å². The van der Waals surface area contributed by atoms with E-state index in [9.17, 15) is 14.9 Å². The second kappa shape index (κ2) is 6.06. The minimum atomic E-state index is -0.561. The van der Waals surface area contributed by atoms with Crippen LogP contribution in [0.15, 0.2) is 63.2 Å². The molecule has 0 aliphatic carbocycles. The van der Waals surface area contributed by atoms with Gasteiger partial charge in [-0.25, -0.2) is 0 Å². The number of amidine groups is 2. The normalized spacial score (nSPS) is 17.5. The van der Waals surface area contributed by atoms with Crippen molar-refractivity contribution in [3.63, 3.8) is 0 Å². The number of fused-ring (bicyclic) bond motifs is 1. The molecule has 2 aliphatic rings. The van der Waals surface area contributed by atoms with Gasteiger partial charge in [0.2, 0.25) is 0 Å². The first-order chi connectivity index (χ1) is 12.9. The molecular formula is C18H12N4O5. The number of non-ortho nitro benzene ring substituents is 1. The van der Waals surface area contributed by atoms with Crippen LogP contribution >= 0.6 is 0 Å². The van der Waals surface area contributed by atoms with Gasteiger partial charge in [-0.15, -0.1) is 5.06 Å². The van der Waals surface area contributed by atoms with Gasteiger partial charge < -0.3 is 9.25 Å². The third kappa shape index (κ3) is 2.91. The molecule has 1 amide bonds. The third-order valence-electron chi connectivity index (χ3n) is 3.96. The number of furan rings is 1. The lowest BCUT2D eigenvalue weighted by molar-refractivity contribution is -0.384. The number of allylic oxidation sites excluding steroid dienone is 1. The van der Waals surface area contributed by atoms with Crippen molar-refractivity contribution in [2.24, 2.45) is 4.99 Å². The number of nitrogens with zero attached hydrogens (tertiary/aromatic N) is 3. The number of nitrogens with one attached hydrogen (secondary N) is 1. The Bertz CT molecular complexity index is 1080. The number of rotatable bonds is 3. The molecule has 9 nitrogen and oxygen atoms in total. The predicted octanol–water partition coefficient (Wildman–Crippen LogP) is 3.31. The number of aliphatic imine (C=N–C) groups is 1. The molecule has 0 unspecified atom stereocenters. The second-order valence-electron chi connectivity index (χ2n) is 5.83. The van der Waals surface area contributed by atoms with Crippen LogP contribution in [-0.4, -0.2) is 27.6 Å². The van der Waals surface area contributed by atoms with E-state index in [-0.39, 0.29) is 22.9 Å². The lowest BCUT2D eigenvalue weighted by atomic mass is 10.1. The van der Waals surface area contributed by atoms with Crippen molar-refractivity contribution in [1.82, 2.24) is 5.06 Å². The van der Waals surface area contributed by atoms with Crippen LogP contribution in [0.25, 0.3) is 17.4 Å². The summed E-state index contributed by atoms with van der Waals surface area (Å²) in [5.41, 5.74) is 0.668. The molecule has 2 aromatic rings. The molecule has 0 radical (unpaired) electrons. The average Bonchev–Trinajstić information content (AvgIpc) is 3.25. The standard InChI is InChI=1S/C18H12N4O5/c1-10-8-16-20-18(23)14(17(19)21(16)27-10)9-13-6-7-15(26-13)11-2-4-12(5-3-11)22(24)25/h2-9,19H,1H3/b14-9+,19-17?. The lowest BCUT2D eigenvalue weighted by Crippen LogP contribution is -2.38. The summed E-state index contributed by atoms with van der Waals surface area (Å²) in [6.07, 6.45) is 2.99. The van der Waals surface area contributed by atoms with Gasteiger partial charge in [-0.1, -0.05) is 0 Å². The van der Waals surface area contributed by atoms with E-state index >= 15 is 0 Å². The number of carbonyl (C=O) groups is 1. The zero-order valence-corrected chi connectivity index (χ0v) is 14.0. The largest absolute Gasteiger partial charge is 0.457 e. The molecule has 0 bridgehead atoms. The molecule has 27 heavy (non-hydrogen) atoms. The average molecular weight is 364 g/mol. The first kappa shape index (κ1) is 16.5.